The number of hydrogen-bond acceptors (Lipinski definition) is 4. The standard InChI is InChI=1S/C14H18FN3O2/c1-8(16)12-9(15)5-4-6-10(12)18-7-11(19)17-13(20)14(18,2)3/h4-6,8H,7,16H2,1-3H3,(H,17,19,20)/t8-/m1/s1. The molecule has 1 heterocycles. The number of nitrogens with two attached hydrogens (primary N) is 1. The Labute approximate surface area is 116 Å². The van der Waals surface area contributed by atoms with Crippen molar-refractivity contribution in [1.29, 1.82) is 0 Å². The molecule has 2 amide bonds. The molecular weight excluding hydrogens is 261 g/mol. The number of carbonyl (C=O) groups is 2. The predicted octanol–water partition coefficient (Wildman–Crippen LogP) is 1.09. The van der Waals surface area contributed by atoms with Crippen molar-refractivity contribution < 1.29 is 14.0 Å². The number of piperazine rings is 1. The van der Waals surface area contributed by atoms with Crippen LogP contribution in [0.1, 0.15) is 32.4 Å². The van der Waals surface area contributed by atoms with Gasteiger partial charge in [0.05, 0.1) is 6.54 Å². The van der Waals surface area contributed by atoms with Crippen LogP contribution in [0.2, 0.25) is 0 Å². The second kappa shape index (κ2) is 4.86. The predicted molar refractivity (Wildman–Crippen MR) is 73.6 cm³/mol. The normalized spacial score (nSPS) is 19.8. The molecule has 1 aromatic rings. The van der Waals surface area contributed by atoms with Crippen LogP contribution in [0.15, 0.2) is 18.2 Å². The van der Waals surface area contributed by atoms with Gasteiger partial charge in [0.2, 0.25) is 5.91 Å². The fraction of sp³-hybridized carbons (Fsp3) is 0.429. The lowest BCUT2D eigenvalue weighted by atomic mass is 9.95. The SMILES string of the molecule is C[C@@H](N)c1c(F)cccc1N1CC(=O)NC(=O)C1(C)C. The van der Waals surface area contributed by atoms with E-state index in [0.29, 0.717) is 11.3 Å². The molecule has 20 heavy (non-hydrogen) atoms. The highest BCUT2D eigenvalue weighted by atomic mass is 19.1. The van der Waals surface area contributed by atoms with Crippen molar-refractivity contribution in [2.45, 2.75) is 32.4 Å². The van der Waals surface area contributed by atoms with Crippen LogP contribution in [0.4, 0.5) is 10.1 Å². The second-order valence-electron chi connectivity index (χ2n) is 5.48. The minimum Gasteiger partial charge on any atom is -0.348 e. The van der Waals surface area contributed by atoms with Crippen molar-refractivity contribution in [3.8, 4) is 0 Å². The molecule has 0 unspecified atom stereocenters. The fourth-order valence-electron chi connectivity index (χ4n) is 2.38. The first-order valence-corrected chi connectivity index (χ1v) is 6.41. The van der Waals surface area contributed by atoms with E-state index >= 15 is 0 Å². The number of anilines is 1. The molecule has 1 fully saturated rings. The summed E-state index contributed by atoms with van der Waals surface area (Å²) in [5, 5.41) is 2.29. The van der Waals surface area contributed by atoms with E-state index in [-0.39, 0.29) is 6.54 Å². The Balaban J connectivity index is 2.57. The first kappa shape index (κ1) is 14.5. The largest absolute Gasteiger partial charge is 0.348 e. The second-order valence-corrected chi connectivity index (χ2v) is 5.48. The summed E-state index contributed by atoms with van der Waals surface area (Å²) in [4.78, 5) is 25.2. The van der Waals surface area contributed by atoms with Gasteiger partial charge in [-0.2, -0.15) is 0 Å². The number of benzene rings is 1. The van der Waals surface area contributed by atoms with Gasteiger partial charge >= 0.3 is 0 Å². The minimum atomic E-state index is -0.953. The van der Waals surface area contributed by atoms with Gasteiger partial charge in [0, 0.05) is 17.3 Å². The molecule has 1 aliphatic heterocycles. The Hall–Kier alpha value is -1.95. The van der Waals surface area contributed by atoms with E-state index in [2.05, 4.69) is 5.32 Å². The Bertz CT molecular complexity index is 570. The maximum Gasteiger partial charge on any atom is 0.251 e. The maximum atomic E-state index is 14.0. The van der Waals surface area contributed by atoms with Crippen LogP contribution in [0.3, 0.4) is 0 Å². The van der Waals surface area contributed by atoms with E-state index in [1.165, 1.54) is 6.07 Å². The average molecular weight is 279 g/mol. The Morgan fingerprint density at radius 2 is 2.05 bits per heavy atom. The average Bonchev–Trinajstić information content (AvgIpc) is 2.33. The molecular formula is C14H18FN3O2. The number of hydrogen-bond donors (Lipinski definition) is 2. The van der Waals surface area contributed by atoms with Crippen LogP contribution in [-0.2, 0) is 9.59 Å². The van der Waals surface area contributed by atoms with Gasteiger partial charge < -0.3 is 10.6 Å². The van der Waals surface area contributed by atoms with Gasteiger partial charge in [-0.1, -0.05) is 6.07 Å². The van der Waals surface area contributed by atoms with E-state index in [9.17, 15) is 14.0 Å². The molecule has 0 bridgehead atoms. The summed E-state index contributed by atoms with van der Waals surface area (Å²) in [5.41, 5.74) is 5.66. The third-order valence-electron chi connectivity index (χ3n) is 3.56. The summed E-state index contributed by atoms with van der Waals surface area (Å²) < 4.78 is 14.0. The highest BCUT2D eigenvalue weighted by molar-refractivity contribution is 6.06. The van der Waals surface area contributed by atoms with Gasteiger partial charge in [-0.3, -0.25) is 14.9 Å². The Morgan fingerprint density at radius 3 is 2.65 bits per heavy atom. The van der Waals surface area contributed by atoms with Gasteiger partial charge in [0.25, 0.3) is 5.91 Å². The molecule has 1 atom stereocenters. The number of nitrogens with zero attached hydrogens (tertiary/aromatic N) is 1. The first-order valence-electron chi connectivity index (χ1n) is 6.41. The monoisotopic (exact) mass is 279 g/mol. The van der Waals surface area contributed by atoms with Gasteiger partial charge in [0.1, 0.15) is 11.4 Å². The van der Waals surface area contributed by atoms with Gasteiger partial charge in [0.15, 0.2) is 0 Å². The lowest BCUT2D eigenvalue weighted by Gasteiger charge is -2.43. The number of halogens is 1. The lowest BCUT2D eigenvalue weighted by Crippen LogP contribution is -2.64. The molecule has 6 heteroatoms. The third-order valence-corrected chi connectivity index (χ3v) is 3.56. The summed E-state index contributed by atoms with van der Waals surface area (Å²) in [6.45, 7) is 5.03. The van der Waals surface area contributed by atoms with Crippen LogP contribution >= 0.6 is 0 Å². The number of rotatable bonds is 2. The number of amides is 2. The molecule has 1 aliphatic rings. The molecule has 3 N–H and O–H groups in total. The molecule has 1 saturated heterocycles. The van der Waals surface area contributed by atoms with Crippen molar-refractivity contribution in [3.63, 3.8) is 0 Å². The number of carbonyl (C=O) groups excluding carboxylic acids is 2. The van der Waals surface area contributed by atoms with Crippen LogP contribution in [0.25, 0.3) is 0 Å². The molecule has 0 aliphatic carbocycles. The third kappa shape index (κ3) is 2.27. The van der Waals surface area contributed by atoms with E-state index in [1.54, 1.807) is 37.8 Å². The summed E-state index contributed by atoms with van der Waals surface area (Å²) in [6, 6.07) is 4.00. The van der Waals surface area contributed by atoms with Crippen LogP contribution in [0.5, 0.6) is 0 Å². The number of imide groups is 1. The van der Waals surface area contributed by atoms with Crippen molar-refractivity contribution in [2.24, 2.45) is 5.73 Å². The molecule has 0 saturated carbocycles. The topological polar surface area (TPSA) is 75.4 Å². The van der Waals surface area contributed by atoms with Crippen molar-refractivity contribution in [2.75, 3.05) is 11.4 Å². The van der Waals surface area contributed by atoms with Crippen LogP contribution in [-0.4, -0.2) is 23.9 Å². The zero-order chi connectivity index (χ0) is 15.1. The van der Waals surface area contributed by atoms with Gasteiger partial charge in [-0.25, -0.2) is 4.39 Å². The summed E-state index contributed by atoms with van der Waals surface area (Å²) in [7, 11) is 0. The van der Waals surface area contributed by atoms with Crippen LogP contribution < -0.4 is 16.0 Å². The minimum absolute atomic E-state index is 0.0120. The zero-order valence-corrected chi connectivity index (χ0v) is 11.7. The summed E-state index contributed by atoms with van der Waals surface area (Å²) in [5.74, 6) is -1.26. The molecule has 0 aromatic heterocycles. The maximum absolute atomic E-state index is 14.0. The highest BCUT2D eigenvalue weighted by Crippen LogP contribution is 2.33. The lowest BCUT2D eigenvalue weighted by molar-refractivity contribution is -0.135. The molecule has 108 valence electrons. The van der Waals surface area contributed by atoms with Gasteiger partial charge in [-0.15, -0.1) is 0 Å². The highest BCUT2D eigenvalue weighted by Gasteiger charge is 2.42. The van der Waals surface area contributed by atoms with Crippen LogP contribution in [0, 0.1) is 5.82 Å². The quantitative estimate of drug-likeness (QED) is 0.795. The van der Waals surface area contributed by atoms with Gasteiger partial charge in [-0.05, 0) is 32.9 Å². The van der Waals surface area contributed by atoms with Crippen molar-refractivity contribution in [1.82, 2.24) is 5.32 Å². The molecule has 5 nitrogen and oxygen atoms in total. The summed E-state index contributed by atoms with van der Waals surface area (Å²) in [6.07, 6.45) is 0. The number of nitrogens with one attached hydrogen (secondary N) is 1. The molecule has 2 rings (SSSR count). The van der Waals surface area contributed by atoms with E-state index in [1.807, 2.05) is 0 Å². The van der Waals surface area contributed by atoms with Crippen molar-refractivity contribution in [3.05, 3.63) is 29.6 Å². The summed E-state index contributed by atoms with van der Waals surface area (Å²) >= 11 is 0. The Morgan fingerprint density at radius 1 is 1.40 bits per heavy atom. The molecule has 0 spiro atoms. The molecule has 1 aromatic carbocycles. The van der Waals surface area contributed by atoms with E-state index in [4.69, 9.17) is 5.73 Å². The van der Waals surface area contributed by atoms with Crippen molar-refractivity contribution >= 4 is 17.5 Å². The molecule has 0 radical (unpaired) electrons. The zero-order valence-electron chi connectivity index (χ0n) is 11.7. The van der Waals surface area contributed by atoms with E-state index in [0.717, 1.165) is 0 Å². The van der Waals surface area contributed by atoms with E-state index < -0.39 is 29.2 Å². The first-order chi connectivity index (χ1) is 9.25. The fourth-order valence-corrected chi connectivity index (χ4v) is 2.38. The smallest absolute Gasteiger partial charge is 0.251 e. The Kier molecular flexibility index (Phi) is 3.52.